The number of nitrogen functional groups attached to an aromatic ring is 1. The van der Waals surface area contributed by atoms with E-state index in [1.807, 2.05) is 0 Å². The van der Waals surface area contributed by atoms with E-state index in [2.05, 4.69) is 10.6 Å². The molecule has 0 aliphatic carbocycles. The molecule has 0 aromatic heterocycles. The van der Waals surface area contributed by atoms with Crippen LogP contribution in [0.3, 0.4) is 0 Å². The first-order valence-corrected chi connectivity index (χ1v) is 6.74. The molecule has 0 saturated heterocycles. The smallest absolute Gasteiger partial charge is 0.321 e. The summed E-state index contributed by atoms with van der Waals surface area (Å²) in [4.78, 5) is 23.4. The summed E-state index contributed by atoms with van der Waals surface area (Å²) >= 11 is 0. The Morgan fingerprint density at radius 1 is 1.09 bits per heavy atom. The van der Waals surface area contributed by atoms with E-state index in [4.69, 9.17) is 5.73 Å². The van der Waals surface area contributed by atoms with Crippen molar-refractivity contribution in [1.82, 2.24) is 10.6 Å². The first-order valence-electron chi connectivity index (χ1n) is 6.74. The van der Waals surface area contributed by atoms with Gasteiger partial charge < -0.3 is 11.1 Å². The van der Waals surface area contributed by atoms with Crippen LogP contribution >= 0.6 is 0 Å². The monoisotopic (exact) mass is 301 g/mol. The first-order chi connectivity index (χ1) is 10.5. The summed E-state index contributed by atoms with van der Waals surface area (Å²) in [5.41, 5.74) is 7.17. The molecule has 0 heterocycles. The Kier molecular flexibility index (Phi) is 5.08. The molecule has 2 rings (SSSR count). The number of hydrogen-bond acceptors (Lipinski definition) is 3. The third-order valence-electron chi connectivity index (χ3n) is 2.99. The van der Waals surface area contributed by atoms with Gasteiger partial charge in [0, 0.05) is 17.8 Å². The number of nitrogens with two attached hydrogens (primary N) is 1. The molecule has 0 unspecified atom stereocenters. The summed E-state index contributed by atoms with van der Waals surface area (Å²) < 4.78 is 13.0. The molecule has 2 aromatic rings. The van der Waals surface area contributed by atoms with Crippen LogP contribution < -0.4 is 16.4 Å². The second-order valence-electron chi connectivity index (χ2n) is 4.71. The van der Waals surface area contributed by atoms with E-state index < -0.39 is 11.9 Å². The van der Waals surface area contributed by atoms with Crippen molar-refractivity contribution in [2.24, 2.45) is 0 Å². The molecule has 22 heavy (non-hydrogen) atoms. The Labute approximate surface area is 127 Å². The van der Waals surface area contributed by atoms with E-state index in [1.54, 1.807) is 24.3 Å². The molecule has 0 aliphatic heterocycles. The standard InChI is InChI=1S/C16H16FN3O2/c17-13-3-1-2-11(10-13)8-9-19-16(22)20-15(21)12-4-6-14(18)7-5-12/h1-7,10H,8-9,18H2,(H2,19,20,21,22). The maximum absolute atomic E-state index is 13.0. The summed E-state index contributed by atoms with van der Waals surface area (Å²) in [5.74, 6) is -0.830. The number of hydrogen-bond donors (Lipinski definition) is 3. The topological polar surface area (TPSA) is 84.2 Å². The van der Waals surface area contributed by atoms with E-state index in [0.717, 1.165) is 5.56 Å². The van der Waals surface area contributed by atoms with Crippen LogP contribution in [0.1, 0.15) is 15.9 Å². The average Bonchev–Trinajstić information content (AvgIpc) is 2.48. The van der Waals surface area contributed by atoms with Gasteiger partial charge in [0.25, 0.3) is 5.91 Å². The zero-order chi connectivity index (χ0) is 15.9. The highest BCUT2D eigenvalue weighted by atomic mass is 19.1. The van der Waals surface area contributed by atoms with Gasteiger partial charge in [-0.25, -0.2) is 9.18 Å². The number of imide groups is 1. The predicted molar refractivity (Wildman–Crippen MR) is 81.8 cm³/mol. The molecule has 0 saturated carbocycles. The van der Waals surface area contributed by atoms with Crippen LogP contribution in [0.25, 0.3) is 0 Å². The normalized spacial score (nSPS) is 10.0. The van der Waals surface area contributed by atoms with Crippen molar-refractivity contribution >= 4 is 17.6 Å². The molecule has 0 aliphatic rings. The van der Waals surface area contributed by atoms with Gasteiger partial charge in [0.1, 0.15) is 5.82 Å². The van der Waals surface area contributed by atoms with Gasteiger partial charge in [-0.1, -0.05) is 12.1 Å². The molecule has 4 N–H and O–H groups in total. The van der Waals surface area contributed by atoms with Crippen LogP contribution in [0.15, 0.2) is 48.5 Å². The Morgan fingerprint density at radius 2 is 1.82 bits per heavy atom. The molecule has 6 heteroatoms. The lowest BCUT2D eigenvalue weighted by atomic mass is 10.1. The fourth-order valence-electron chi connectivity index (χ4n) is 1.87. The highest BCUT2D eigenvalue weighted by molar-refractivity contribution is 6.04. The van der Waals surface area contributed by atoms with Gasteiger partial charge >= 0.3 is 6.03 Å². The van der Waals surface area contributed by atoms with Gasteiger partial charge in [0.05, 0.1) is 0 Å². The lowest BCUT2D eigenvalue weighted by Crippen LogP contribution is -2.40. The largest absolute Gasteiger partial charge is 0.399 e. The summed E-state index contributed by atoms with van der Waals surface area (Å²) in [6, 6.07) is 11.8. The van der Waals surface area contributed by atoms with Crippen molar-refractivity contribution in [1.29, 1.82) is 0 Å². The van der Waals surface area contributed by atoms with Gasteiger partial charge in [0.2, 0.25) is 0 Å². The number of anilines is 1. The summed E-state index contributed by atoms with van der Waals surface area (Å²) in [6.07, 6.45) is 0.473. The third kappa shape index (κ3) is 4.59. The average molecular weight is 301 g/mol. The summed E-state index contributed by atoms with van der Waals surface area (Å²) in [6.45, 7) is 0.296. The van der Waals surface area contributed by atoms with Gasteiger partial charge in [-0.3, -0.25) is 10.1 Å². The number of nitrogens with one attached hydrogen (secondary N) is 2. The van der Waals surface area contributed by atoms with Crippen LogP contribution in [0.4, 0.5) is 14.9 Å². The first kappa shape index (κ1) is 15.5. The molecule has 0 bridgehead atoms. The Bertz CT molecular complexity index is 671. The minimum absolute atomic E-state index is 0.296. The maximum atomic E-state index is 13.0. The minimum atomic E-state index is -0.599. The number of rotatable bonds is 4. The van der Waals surface area contributed by atoms with Crippen molar-refractivity contribution in [3.05, 3.63) is 65.5 Å². The van der Waals surface area contributed by atoms with Gasteiger partial charge in [-0.2, -0.15) is 0 Å². The van der Waals surface area contributed by atoms with Crippen LogP contribution in [0, 0.1) is 5.82 Å². The second-order valence-corrected chi connectivity index (χ2v) is 4.71. The van der Waals surface area contributed by atoms with Gasteiger partial charge in [0.15, 0.2) is 0 Å². The van der Waals surface area contributed by atoms with E-state index in [1.165, 1.54) is 24.3 Å². The molecule has 114 valence electrons. The quantitative estimate of drug-likeness (QED) is 0.756. The Morgan fingerprint density at radius 3 is 2.50 bits per heavy atom. The lowest BCUT2D eigenvalue weighted by molar-refractivity contribution is 0.0964. The van der Waals surface area contributed by atoms with Gasteiger partial charge in [-0.05, 0) is 48.4 Å². The molecule has 0 fully saturated rings. The minimum Gasteiger partial charge on any atom is -0.399 e. The van der Waals surface area contributed by atoms with E-state index in [-0.39, 0.29) is 5.82 Å². The highest BCUT2D eigenvalue weighted by Gasteiger charge is 2.09. The number of halogens is 1. The fourth-order valence-corrected chi connectivity index (χ4v) is 1.87. The fraction of sp³-hybridized carbons (Fsp3) is 0.125. The molecular weight excluding hydrogens is 285 g/mol. The predicted octanol–water partition coefficient (Wildman–Crippen LogP) is 2.09. The molecule has 3 amide bonds. The molecule has 0 spiro atoms. The van der Waals surface area contributed by atoms with Crippen LogP contribution in [-0.4, -0.2) is 18.5 Å². The van der Waals surface area contributed by atoms with Crippen LogP contribution in [0.2, 0.25) is 0 Å². The second kappa shape index (κ2) is 7.21. The molecule has 0 radical (unpaired) electrons. The van der Waals surface area contributed by atoms with Crippen molar-refractivity contribution in [3.8, 4) is 0 Å². The Balaban J connectivity index is 1.78. The number of carbonyl (C=O) groups is 2. The van der Waals surface area contributed by atoms with Crippen molar-refractivity contribution in [2.75, 3.05) is 12.3 Å². The van der Waals surface area contributed by atoms with Crippen molar-refractivity contribution in [2.45, 2.75) is 6.42 Å². The van der Waals surface area contributed by atoms with E-state index >= 15 is 0 Å². The third-order valence-corrected chi connectivity index (χ3v) is 2.99. The number of amides is 3. The SMILES string of the molecule is Nc1ccc(C(=O)NC(=O)NCCc2cccc(F)c2)cc1. The maximum Gasteiger partial charge on any atom is 0.321 e. The zero-order valence-electron chi connectivity index (χ0n) is 11.8. The molecule has 5 nitrogen and oxygen atoms in total. The van der Waals surface area contributed by atoms with E-state index in [0.29, 0.717) is 24.2 Å². The van der Waals surface area contributed by atoms with Gasteiger partial charge in [-0.15, -0.1) is 0 Å². The number of benzene rings is 2. The number of carbonyl (C=O) groups excluding carboxylic acids is 2. The molecular formula is C16H16FN3O2. The molecule has 0 atom stereocenters. The molecule has 2 aromatic carbocycles. The zero-order valence-corrected chi connectivity index (χ0v) is 11.8. The number of urea groups is 1. The van der Waals surface area contributed by atoms with E-state index in [9.17, 15) is 14.0 Å². The van der Waals surface area contributed by atoms with Crippen LogP contribution in [0.5, 0.6) is 0 Å². The Hall–Kier alpha value is -2.89. The lowest BCUT2D eigenvalue weighted by Gasteiger charge is -2.07. The summed E-state index contributed by atoms with van der Waals surface area (Å²) in [7, 11) is 0. The summed E-state index contributed by atoms with van der Waals surface area (Å²) in [5, 5.41) is 4.75. The van der Waals surface area contributed by atoms with Crippen molar-refractivity contribution < 1.29 is 14.0 Å². The van der Waals surface area contributed by atoms with Crippen LogP contribution in [-0.2, 0) is 6.42 Å². The van der Waals surface area contributed by atoms with Crippen molar-refractivity contribution in [3.63, 3.8) is 0 Å². The highest BCUT2D eigenvalue weighted by Crippen LogP contribution is 2.05.